The van der Waals surface area contributed by atoms with Gasteiger partial charge in [-0.05, 0) is 218 Å². The van der Waals surface area contributed by atoms with Crippen LogP contribution in [0.5, 0.6) is 11.6 Å². The Morgan fingerprint density at radius 3 is 1.31 bits per heavy atom. The molecule has 20 nitrogen and oxygen atoms in total. The highest BCUT2D eigenvalue weighted by Gasteiger charge is 2.40. The number of rotatable bonds is 22. The number of esters is 3. The van der Waals surface area contributed by atoms with Crippen LogP contribution in [-0.2, 0) is 60.5 Å². The van der Waals surface area contributed by atoms with Crippen LogP contribution in [0, 0.1) is 76.8 Å². The smallest absolute Gasteiger partial charge is 0.421 e. The number of aldehydes is 1. The summed E-state index contributed by atoms with van der Waals surface area (Å²) in [6, 6.07) is 1.46. The fraction of sp³-hybridized carbons (Fsp3) is 0.712. The van der Waals surface area contributed by atoms with Crippen LogP contribution in [0.4, 0.5) is 58.4 Å². The number of carbonyl (C=O) groups excluding carboxylic acids is 6. The van der Waals surface area contributed by atoms with Crippen molar-refractivity contribution < 1.29 is 125 Å². The zero-order valence-corrected chi connectivity index (χ0v) is 61.0. The number of halogens is 13. The van der Waals surface area contributed by atoms with E-state index in [-0.39, 0.29) is 109 Å². The number of benzene rings is 1. The highest BCUT2D eigenvalue weighted by atomic mass is 35.5. The zero-order chi connectivity index (χ0) is 79.0. The normalized spacial score (nSPS) is 24.5. The minimum atomic E-state index is -4.97. The molecule has 0 unspecified atom stereocenters. The quantitative estimate of drug-likeness (QED) is 0.0277. The lowest BCUT2D eigenvalue weighted by Gasteiger charge is -2.34. The molecule has 2 heterocycles. The van der Waals surface area contributed by atoms with Crippen LogP contribution in [0.3, 0.4) is 0 Å². The second kappa shape index (κ2) is 46.3. The number of carboxylic acid groups (broad SMARTS) is 2. The van der Waals surface area contributed by atoms with Gasteiger partial charge >= 0.3 is 36.0 Å². The predicted octanol–water partition coefficient (Wildman–Crippen LogP) is 16.7. The van der Waals surface area contributed by atoms with Crippen LogP contribution in [0.25, 0.3) is 0 Å². The lowest BCUT2D eigenvalue weighted by atomic mass is 9.81. The third-order valence-electron chi connectivity index (χ3n) is 20.0. The maximum atomic E-state index is 15.3. The van der Waals surface area contributed by atoms with Gasteiger partial charge in [-0.15, -0.1) is 0 Å². The van der Waals surface area contributed by atoms with Gasteiger partial charge in [0.05, 0.1) is 73.7 Å². The summed E-state index contributed by atoms with van der Waals surface area (Å²) in [5.74, 6) is -9.62. The molecule has 2 aromatic heterocycles. The molecule has 0 radical (unpaired) electrons. The summed E-state index contributed by atoms with van der Waals surface area (Å²) in [5.41, 5.74) is -2.22. The van der Waals surface area contributed by atoms with E-state index in [2.05, 4.69) is 15.2 Å². The topological polar surface area (TPSA) is 281 Å². The van der Waals surface area contributed by atoms with Crippen LogP contribution in [0.15, 0.2) is 36.8 Å². The van der Waals surface area contributed by atoms with E-state index in [4.69, 9.17) is 40.8 Å². The first-order valence-electron chi connectivity index (χ1n) is 36.3. The maximum absolute atomic E-state index is 15.3. The monoisotopic (exact) mass is 1550 g/mol. The highest BCUT2D eigenvalue weighted by molar-refractivity contribution is 6.64. The molecule has 9 rings (SSSR count). The largest absolute Gasteiger partial charge is 0.481 e. The van der Waals surface area contributed by atoms with Gasteiger partial charge in [-0.3, -0.25) is 28.8 Å². The lowest BCUT2D eigenvalue weighted by Crippen LogP contribution is -2.43. The zero-order valence-electron chi connectivity index (χ0n) is 60.3. The number of aromatic carboxylic acids is 1. The molecule has 3 aromatic rings. The number of carbonyl (C=O) groups is 8. The van der Waals surface area contributed by atoms with Gasteiger partial charge in [0.1, 0.15) is 11.8 Å². The number of ether oxygens (including phenoxy) is 4. The minimum absolute atomic E-state index is 0.0381. The van der Waals surface area contributed by atoms with Crippen LogP contribution < -0.4 is 9.64 Å². The van der Waals surface area contributed by atoms with Gasteiger partial charge in [0.2, 0.25) is 42.7 Å². The molecule has 0 saturated heterocycles. The summed E-state index contributed by atoms with van der Waals surface area (Å²) in [4.78, 5) is 96.9. The Labute approximate surface area is 614 Å². The maximum Gasteiger partial charge on any atom is 0.421 e. The standard InChI is InChI=1S/C27H27F6N5O4.C10H16F2O2.C10H18O3.C10H16O3.C8H11ClF2O.C8H12F2O2/c1-14(2)38(25(39)17-5-3-16(4-6-17)23(29)30)21-11-20(28)22(10-18(21)26(40)41)42-24-19(27(31,32)33)9-15(12-34-24)13-37-35-7-8-36-37;1-2-14-10(13)8-5-3-7(4-6-8)9(11)12;2*1-2-13-10(12)9-5-3-8(7-11)4-6-9;9-7(12)5-1-3-6(4-2-5)8(10)11;9-7(10)5-1-3-6(4-2-5)8(11)12/h7-12,14,16-17,23H,3-6,13H2,1-2H3,(H,40,41);7-9H,2-6H2,1H3;8-9,11H,2-7H2,1H3;7-9H,2-6H2,1H3;5-6,8H,1-4H2;5-7H,1-4H2,(H,11,12). The van der Waals surface area contributed by atoms with Gasteiger partial charge in [-0.2, -0.15) is 28.2 Å². The first-order valence-corrected chi connectivity index (χ1v) is 36.6. The van der Waals surface area contributed by atoms with Crippen molar-refractivity contribution in [2.75, 3.05) is 31.3 Å². The Morgan fingerprint density at radius 1 is 0.575 bits per heavy atom. The Balaban J connectivity index is 0.000000303. The molecule has 598 valence electrons. The number of carboxylic acids is 2. The third kappa shape index (κ3) is 30.1. The molecular formula is C73H100ClF12N5O15. The second-order valence-electron chi connectivity index (χ2n) is 27.6. The van der Waals surface area contributed by atoms with Gasteiger partial charge < -0.3 is 44.0 Å². The molecule has 0 bridgehead atoms. The SMILES string of the molecule is CC(C)N(C(=O)C1CCC(C(F)F)CC1)c1cc(F)c(Oc2ncc(Cn3nccn3)cc2C(F)(F)F)cc1C(=O)O.CCOC(=O)C1CCC(C(F)F)CC1.CCOC(=O)C1CCC(C=O)CC1.CCOC(=O)C1CCC(CO)CC1.O=C(Cl)C1CCC(C(F)F)CC1.O=C(O)C1CCC(C(F)F)CC1. The number of amides is 1. The number of aliphatic hydroxyl groups excluding tert-OH is 1. The molecule has 6 aliphatic rings. The van der Waals surface area contributed by atoms with E-state index in [0.717, 1.165) is 79.6 Å². The Bertz CT molecular complexity index is 3130. The minimum Gasteiger partial charge on any atom is -0.481 e. The van der Waals surface area contributed by atoms with Crippen molar-refractivity contribution in [1.82, 2.24) is 20.0 Å². The molecule has 6 saturated carbocycles. The van der Waals surface area contributed by atoms with Crippen molar-refractivity contribution >= 4 is 64.6 Å². The van der Waals surface area contributed by atoms with Crippen molar-refractivity contribution in [1.29, 1.82) is 0 Å². The molecule has 3 N–H and O–H groups in total. The van der Waals surface area contributed by atoms with Crippen molar-refractivity contribution in [3.63, 3.8) is 0 Å². The van der Waals surface area contributed by atoms with E-state index >= 15 is 4.39 Å². The molecular weight excluding hydrogens is 1450 g/mol. The van der Waals surface area contributed by atoms with E-state index in [1.165, 1.54) is 12.4 Å². The molecule has 6 fully saturated rings. The van der Waals surface area contributed by atoms with E-state index in [1.807, 2.05) is 13.8 Å². The van der Waals surface area contributed by atoms with Gasteiger partial charge in [0, 0.05) is 72.4 Å². The molecule has 0 spiro atoms. The predicted molar refractivity (Wildman–Crippen MR) is 363 cm³/mol. The van der Waals surface area contributed by atoms with Gasteiger partial charge in [-0.25, -0.2) is 49.3 Å². The number of anilines is 1. The summed E-state index contributed by atoms with van der Waals surface area (Å²) in [6.07, 6.45) is 3.43. The summed E-state index contributed by atoms with van der Waals surface area (Å²) in [6.45, 7) is 9.94. The molecule has 106 heavy (non-hydrogen) atoms. The van der Waals surface area contributed by atoms with E-state index < -0.39 is 114 Å². The third-order valence-corrected chi connectivity index (χ3v) is 20.3. The van der Waals surface area contributed by atoms with Crippen LogP contribution >= 0.6 is 11.6 Å². The van der Waals surface area contributed by atoms with Crippen molar-refractivity contribution in [3.8, 4) is 11.6 Å². The van der Waals surface area contributed by atoms with E-state index in [0.29, 0.717) is 115 Å². The Kier molecular flexibility index (Phi) is 39.9. The average molecular weight is 1550 g/mol. The lowest BCUT2D eigenvalue weighted by molar-refractivity contribution is -0.150. The molecule has 1 amide bonds. The Hall–Kier alpha value is -7.12. The summed E-state index contributed by atoms with van der Waals surface area (Å²) >= 11 is 5.26. The first-order chi connectivity index (χ1) is 50.2. The van der Waals surface area contributed by atoms with Gasteiger partial charge in [0.25, 0.3) is 0 Å². The average Bonchev–Trinajstić information content (AvgIpc) is 1.16. The fourth-order valence-electron chi connectivity index (χ4n) is 13.6. The number of hydrogen-bond donors (Lipinski definition) is 3. The van der Waals surface area contributed by atoms with Crippen molar-refractivity contribution in [3.05, 3.63) is 59.3 Å². The van der Waals surface area contributed by atoms with Gasteiger partial charge in [0.15, 0.2) is 11.6 Å². The number of aliphatic hydroxyl groups is 1. The summed E-state index contributed by atoms with van der Waals surface area (Å²) < 4.78 is 176. The number of hydrogen-bond acceptors (Lipinski definition) is 16. The first kappa shape index (κ1) is 91.3. The Morgan fingerprint density at radius 2 is 0.962 bits per heavy atom. The summed E-state index contributed by atoms with van der Waals surface area (Å²) in [5, 5.41) is 34.6. The number of nitrogens with zero attached hydrogens (tertiary/aromatic N) is 5. The van der Waals surface area contributed by atoms with Crippen molar-refractivity contribution in [2.45, 2.75) is 233 Å². The number of alkyl halides is 11. The highest BCUT2D eigenvalue weighted by Crippen LogP contribution is 2.42. The number of aromatic nitrogens is 4. The molecule has 1 aromatic carbocycles. The fourth-order valence-corrected chi connectivity index (χ4v) is 13.8. The molecule has 0 atom stereocenters. The summed E-state index contributed by atoms with van der Waals surface area (Å²) in [7, 11) is 0. The molecule has 33 heteroatoms. The van der Waals surface area contributed by atoms with Crippen LogP contribution in [0.1, 0.15) is 210 Å². The van der Waals surface area contributed by atoms with E-state index in [1.54, 1.807) is 20.8 Å². The number of aliphatic carboxylic acids is 1. The van der Waals surface area contributed by atoms with E-state index in [9.17, 15) is 91.8 Å². The molecule has 6 aliphatic carbocycles. The number of pyridine rings is 1. The van der Waals surface area contributed by atoms with Crippen LogP contribution in [-0.4, -0.2) is 141 Å². The van der Waals surface area contributed by atoms with Crippen LogP contribution in [0.2, 0.25) is 0 Å². The second-order valence-corrected chi connectivity index (χ2v) is 28.0. The molecule has 0 aliphatic heterocycles. The van der Waals surface area contributed by atoms with Gasteiger partial charge in [-0.1, -0.05) is 0 Å². The van der Waals surface area contributed by atoms with Crippen molar-refractivity contribution in [2.24, 2.45) is 71.0 Å².